The molecule has 0 unspecified atom stereocenters. The highest BCUT2D eigenvalue weighted by Crippen LogP contribution is 2.38. The van der Waals surface area contributed by atoms with E-state index in [1.807, 2.05) is 41.5 Å². The molecule has 0 bridgehead atoms. The average Bonchev–Trinajstić information content (AvgIpc) is 2.49. The number of aliphatic hydroxyl groups is 1. The van der Waals surface area contributed by atoms with E-state index in [-0.39, 0.29) is 11.2 Å². The molecule has 1 amide bonds. The Bertz CT molecular complexity index is 457. The van der Waals surface area contributed by atoms with Gasteiger partial charge < -0.3 is 15.1 Å². The lowest BCUT2D eigenvalue weighted by atomic mass is 9.83. The molecule has 5 heteroatoms. The summed E-state index contributed by atoms with van der Waals surface area (Å²) >= 11 is 0. The molecule has 114 valence electrons. The van der Waals surface area contributed by atoms with Crippen molar-refractivity contribution in [2.24, 2.45) is 10.8 Å². The number of aliphatic carboxylic acids is 1. The van der Waals surface area contributed by atoms with Gasteiger partial charge in [0, 0.05) is 6.54 Å². The van der Waals surface area contributed by atoms with Gasteiger partial charge in [0.25, 0.3) is 5.91 Å². The average molecular weight is 283 g/mol. The quantitative estimate of drug-likeness (QED) is 0.777. The van der Waals surface area contributed by atoms with E-state index in [1.54, 1.807) is 0 Å². The highest BCUT2D eigenvalue weighted by Gasteiger charge is 2.48. The van der Waals surface area contributed by atoms with Gasteiger partial charge in [0.2, 0.25) is 0 Å². The number of carbonyl (C=O) groups excluding carboxylic acids is 1. The van der Waals surface area contributed by atoms with Gasteiger partial charge in [-0.2, -0.15) is 0 Å². The maximum Gasteiger partial charge on any atom is 0.344 e. The first-order valence-electron chi connectivity index (χ1n) is 6.90. The predicted octanol–water partition coefficient (Wildman–Crippen LogP) is 2.58. The summed E-state index contributed by atoms with van der Waals surface area (Å²) in [5.74, 6) is -2.27. The summed E-state index contributed by atoms with van der Waals surface area (Å²) < 4.78 is 0. The summed E-state index contributed by atoms with van der Waals surface area (Å²) in [4.78, 5) is 25.0. The number of nitrogens with zero attached hydrogens (tertiary/aromatic N) is 1. The molecule has 0 aliphatic carbocycles. The molecule has 1 atom stereocenters. The second-order valence-electron chi connectivity index (χ2n) is 7.28. The molecule has 0 aromatic carbocycles. The fourth-order valence-corrected chi connectivity index (χ4v) is 2.47. The zero-order chi connectivity index (χ0) is 15.9. The van der Waals surface area contributed by atoms with E-state index in [0.29, 0.717) is 6.54 Å². The zero-order valence-corrected chi connectivity index (χ0v) is 13.1. The van der Waals surface area contributed by atoms with Crippen molar-refractivity contribution < 1.29 is 19.8 Å². The van der Waals surface area contributed by atoms with Crippen LogP contribution in [0, 0.1) is 10.8 Å². The van der Waals surface area contributed by atoms with Crippen LogP contribution in [-0.2, 0) is 9.59 Å². The van der Waals surface area contributed by atoms with Gasteiger partial charge in [0.15, 0.2) is 5.57 Å². The van der Waals surface area contributed by atoms with Gasteiger partial charge in [-0.1, -0.05) is 41.5 Å². The normalized spacial score (nSPS) is 20.8. The number of hydrogen-bond donors (Lipinski definition) is 2. The van der Waals surface area contributed by atoms with Gasteiger partial charge in [-0.05, 0) is 17.3 Å². The van der Waals surface area contributed by atoms with Gasteiger partial charge >= 0.3 is 5.97 Å². The highest BCUT2D eigenvalue weighted by molar-refractivity contribution is 6.18. The van der Waals surface area contributed by atoms with Crippen LogP contribution in [0.5, 0.6) is 0 Å². The van der Waals surface area contributed by atoms with E-state index < -0.39 is 28.9 Å². The molecule has 1 aliphatic rings. The molecule has 0 fully saturated rings. The molecule has 1 aliphatic heterocycles. The Balaban J connectivity index is 3.25. The molecule has 0 aromatic heterocycles. The molecule has 0 aromatic rings. The fraction of sp³-hybridized carbons (Fsp3) is 0.733. The number of carboxylic acids is 1. The minimum atomic E-state index is -1.36. The van der Waals surface area contributed by atoms with Crippen LogP contribution in [0.15, 0.2) is 11.3 Å². The first-order valence-corrected chi connectivity index (χ1v) is 6.90. The summed E-state index contributed by atoms with van der Waals surface area (Å²) in [6.07, 6.45) is 0.858. The van der Waals surface area contributed by atoms with E-state index in [9.17, 15) is 14.7 Å². The van der Waals surface area contributed by atoms with Crippen molar-refractivity contribution in [2.45, 2.75) is 54.0 Å². The third-order valence-corrected chi connectivity index (χ3v) is 3.89. The van der Waals surface area contributed by atoms with Crippen LogP contribution in [0.25, 0.3) is 0 Å². The van der Waals surface area contributed by atoms with Gasteiger partial charge in [-0.3, -0.25) is 4.79 Å². The molecule has 0 radical (unpaired) electrons. The Morgan fingerprint density at radius 1 is 1.25 bits per heavy atom. The summed E-state index contributed by atoms with van der Waals surface area (Å²) in [6.45, 7) is 12.2. The SMILES string of the molecule is CCC(C)(C)CN1C(=O)C(C(=O)O)=C(O)[C@@H]1C(C)(C)C. The van der Waals surface area contributed by atoms with Gasteiger partial charge in [0.1, 0.15) is 5.76 Å². The van der Waals surface area contributed by atoms with Gasteiger partial charge in [-0.15, -0.1) is 0 Å². The van der Waals surface area contributed by atoms with Crippen molar-refractivity contribution in [1.82, 2.24) is 4.90 Å². The number of amides is 1. The number of carboxylic acid groups (broad SMARTS) is 1. The molecule has 1 rings (SSSR count). The van der Waals surface area contributed by atoms with Crippen molar-refractivity contribution in [2.75, 3.05) is 6.54 Å². The lowest BCUT2D eigenvalue weighted by Crippen LogP contribution is -2.47. The van der Waals surface area contributed by atoms with Crippen molar-refractivity contribution >= 4 is 11.9 Å². The standard InChI is InChI=1S/C15H25NO4/c1-7-15(5,6)8-16-11(14(2,3)4)10(17)9(12(16)18)13(19)20/h11,17H,7-8H2,1-6H3,(H,19,20)/t11-/m1/s1. The van der Waals surface area contributed by atoms with Gasteiger partial charge in [0.05, 0.1) is 6.04 Å². The number of hydrogen-bond acceptors (Lipinski definition) is 3. The fourth-order valence-electron chi connectivity index (χ4n) is 2.47. The van der Waals surface area contributed by atoms with Gasteiger partial charge in [-0.25, -0.2) is 4.79 Å². The molecule has 20 heavy (non-hydrogen) atoms. The van der Waals surface area contributed by atoms with E-state index in [4.69, 9.17) is 5.11 Å². The minimum absolute atomic E-state index is 0.132. The largest absolute Gasteiger partial charge is 0.509 e. The first kappa shape index (κ1) is 16.5. The number of carbonyl (C=O) groups is 2. The minimum Gasteiger partial charge on any atom is -0.509 e. The smallest absolute Gasteiger partial charge is 0.344 e. The van der Waals surface area contributed by atoms with Crippen molar-refractivity contribution in [1.29, 1.82) is 0 Å². The summed E-state index contributed by atoms with van der Waals surface area (Å²) in [6, 6.07) is -0.591. The number of rotatable bonds is 4. The van der Waals surface area contributed by atoms with E-state index >= 15 is 0 Å². The van der Waals surface area contributed by atoms with Crippen LogP contribution in [0.1, 0.15) is 48.0 Å². The van der Waals surface area contributed by atoms with Crippen molar-refractivity contribution in [3.05, 3.63) is 11.3 Å². The Morgan fingerprint density at radius 3 is 2.10 bits per heavy atom. The van der Waals surface area contributed by atoms with Crippen LogP contribution in [0.2, 0.25) is 0 Å². The first-order chi connectivity index (χ1) is 8.92. The van der Waals surface area contributed by atoms with Crippen LogP contribution in [-0.4, -0.2) is 39.6 Å². The lowest BCUT2D eigenvalue weighted by Gasteiger charge is -2.39. The Hall–Kier alpha value is -1.52. The summed E-state index contributed by atoms with van der Waals surface area (Å²) in [5.41, 5.74) is -1.05. The Kier molecular flexibility index (Phi) is 4.22. The van der Waals surface area contributed by atoms with Crippen LogP contribution in [0.4, 0.5) is 0 Å². The lowest BCUT2D eigenvalue weighted by molar-refractivity contribution is -0.138. The van der Waals surface area contributed by atoms with Crippen molar-refractivity contribution in [3.63, 3.8) is 0 Å². The zero-order valence-electron chi connectivity index (χ0n) is 13.1. The molecule has 2 N–H and O–H groups in total. The Labute approximate surface area is 120 Å². The summed E-state index contributed by atoms with van der Waals surface area (Å²) in [5, 5.41) is 19.3. The molecule has 1 heterocycles. The topological polar surface area (TPSA) is 77.8 Å². The van der Waals surface area contributed by atoms with Crippen LogP contribution >= 0.6 is 0 Å². The van der Waals surface area contributed by atoms with E-state index in [1.165, 1.54) is 4.90 Å². The van der Waals surface area contributed by atoms with Crippen LogP contribution < -0.4 is 0 Å². The second-order valence-corrected chi connectivity index (χ2v) is 7.28. The third kappa shape index (κ3) is 2.97. The monoisotopic (exact) mass is 283 g/mol. The van der Waals surface area contributed by atoms with E-state index in [2.05, 4.69) is 0 Å². The molecular formula is C15H25NO4. The van der Waals surface area contributed by atoms with E-state index in [0.717, 1.165) is 6.42 Å². The predicted molar refractivity (Wildman–Crippen MR) is 76.3 cm³/mol. The molecular weight excluding hydrogens is 258 g/mol. The molecule has 0 saturated carbocycles. The van der Waals surface area contributed by atoms with Crippen molar-refractivity contribution in [3.8, 4) is 0 Å². The maximum absolute atomic E-state index is 12.3. The molecule has 0 saturated heterocycles. The molecule has 0 spiro atoms. The van der Waals surface area contributed by atoms with Crippen LogP contribution in [0.3, 0.4) is 0 Å². The number of aliphatic hydroxyl groups excluding tert-OH is 1. The second kappa shape index (κ2) is 5.11. The third-order valence-electron chi connectivity index (χ3n) is 3.89. The maximum atomic E-state index is 12.3. The Morgan fingerprint density at radius 2 is 1.75 bits per heavy atom. The highest BCUT2D eigenvalue weighted by atomic mass is 16.4. The molecule has 5 nitrogen and oxygen atoms in total. The summed E-state index contributed by atoms with van der Waals surface area (Å²) in [7, 11) is 0.